The van der Waals surface area contributed by atoms with Gasteiger partial charge in [0.2, 0.25) is 5.91 Å². The van der Waals surface area contributed by atoms with Crippen molar-refractivity contribution in [3.8, 4) is 0 Å². The van der Waals surface area contributed by atoms with Gasteiger partial charge in [-0.1, -0.05) is 6.92 Å². The minimum Gasteiger partial charge on any atom is -0.355 e. The van der Waals surface area contributed by atoms with Crippen LogP contribution >= 0.6 is 0 Å². The van der Waals surface area contributed by atoms with Gasteiger partial charge in [0.25, 0.3) is 0 Å². The molecule has 20 heavy (non-hydrogen) atoms. The standard InChI is InChI=1S/C14H21N5O/c1-3-12-18-11-8-10(2)9-17-14(11)19(12)7-4-13(20)16-6-5-15/h8-9H,3-7,15H2,1-2H3,(H,16,20). The van der Waals surface area contributed by atoms with Crippen molar-refractivity contribution < 1.29 is 4.79 Å². The molecule has 2 aromatic heterocycles. The molecule has 0 radical (unpaired) electrons. The monoisotopic (exact) mass is 275 g/mol. The van der Waals surface area contributed by atoms with Crippen molar-refractivity contribution in [1.82, 2.24) is 19.9 Å². The van der Waals surface area contributed by atoms with Crippen LogP contribution in [0.2, 0.25) is 0 Å². The Hall–Kier alpha value is -1.95. The zero-order chi connectivity index (χ0) is 14.5. The van der Waals surface area contributed by atoms with Gasteiger partial charge in [0.1, 0.15) is 11.3 Å². The first kappa shape index (κ1) is 14.5. The maximum atomic E-state index is 11.7. The normalized spacial score (nSPS) is 10.9. The summed E-state index contributed by atoms with van der Waals surface area (Å²) < 4.78 is 2.02. The highest BCUT2D eigenvalue weighted by Gasteiger charge is 2.11. The fourth-order valence-electron chi connectivity index (χ4n) is 2.18. The van der Waals surface area contributed by atoms with E-state index in [9.17, 15) is 4.79 Å². The zero-order valence-corrected chi connectivity index (χ0v) is 12.0. The molecule has 6 nitrogen and oxygen atoms in total. The second-order valence-electron chi connectivity index (χ2n) is 4.78. The first-order chi connectivity index (χ1) is 9.65. The van der Waals surface area contributed by atoms with E-state index >= 15 is 0 Å². The molecule has 3 N–H and O–H groups in total. The number of imidazole rings is 1. The number of hydrogen-bond donors (Lipinski definition) is 2. The predicted octanol–water partition coefficient (Wildman–Crippen LogP) is 0.767. The van der Waals surface area contributed by atoms with Gasteiger partial charge < -0.3 is 15.6 Å². The molecule has 0 aromatic carbocycles. The van der Waals surface area contributed by atoms with Gasteiger partial charge in [0.05, 0.1) is 0 Å². The molecule has 0 aliphatic carbocycles. The molecule has 0 aliphatic rings. The molecule has 2 rings (SSSR count). The summed E-state index contributed by atoms with van der Waals surface area (Å²) in [6, 6.07) is 2.02. The summed E-state index contributed by atoms with van der Waals surface area (Å²) in [5, 5.41) is 2.77. The van der Waals surface area contributed by atoms with Gasteiger partial charge in [-0.2, -0.15) is 0 Å². The van der Waals surface area contributed by atoms with Crippen molar-refractivity contribution in [2.75, 3.05) is 13.1 Å². The molecular formula is C14H21N5O. The lowest BCUT2D eigenvalue weighted by molar-refractivity contribution is -0.121. The number of nitrogens with zero attached hydrogens (tertiary/aromatic N) is 3. The number of hydrogen-bond acceptors (Lipinski definition) is 4. The quantitative estimate of drug-likeness (QED) is 0.815. The summed E-state index contributed by atoms with van der Waals surface area (Å²) in [7, 11) is 0. The van der Waals surface area contributed by atoms with Crippen molar-refractivity contribution in [1.29, 1.82) is 0 Å². The van der Waals surface area contributed by atoms with Gasteiger partial charge in [-0.05, 0) is 18.6 Å². The number of carbonyl (C=O) groups excluding carboxylic acids is 1. The Kier molecular flexibility index (Phi) is 4.68. The number of fused-ring (bicyclic) bond motifs is 1. The van der Waals surface area contributed by atoms with Crippen LogP contribution in [0.1, 0.15) is 24.7 Å². The lowest BCUT2D eigenvalue weighted by Crippen LogP contribution is -2.29. The van der Waals surface area contributed by atoms with E-state index in [1.807, 2.05) is 23.8 Å². The Bertz CT molecular complexity index is 605. The van der Waals surface area contributed by atoms with E-state index in [4.69, 9.17) is 5.73 Å². The van der Waals surface area contributed by atoms with Crippen LogP contribution in [0.25, 0.3) is 11.2 Å². The fraction of sp³-hybridized carbons (Fsp3) is 0.500. The van der Waals surface area contributed by atoms with E-state index < -0.39 is 0 Å². The summed E-state index contributed by atoms with van der Waals surface area (Å²) in [5.41, 5.74) is 8.19. The number of aryl methyl sites for hydroxylation is 3. The van der Waals surface area contributed by atoms with Crippen LogP contribution in [0.15, 0.2) is 12.3 Å². The SMILES string of the molecule is CCc1nc2cc(C)cnc2n1CCC(=O)NCCN. The maximum absolute atomic E-state index is 11.7. The molecule has 108 valence electrons. The number of pyridine rings is 1. The van der Waals surface area contributed by atoms with Crippen LogP contribution in [0.5, 0.6) is 0 Å². The Balaban J connectivity index is 2.18. The van der Waals surface area contributed by atoms with E-state index in [-0.39, 0.29) is 5.91 Å². The Morgan fingerprint density at radius 3 is 3.00 bits per heavy atom. The van der Waals surface area contributed by atoms with Crippen LogP contribution < -0.4 is 11.1 Å². The van der Waals surface area contributed by atoms with Crippen molar-refractivity contribution in [3.05, 3.63) is 23.7 Å². The lowest BCUT2D eigenvalue weighted by Gasteiger charge is -2.08. The number of nitrogens with two attached hydrogens (primary N) is 1. The molecule has 2 heterocycles. The highest BCUT2D eigenvalue weighted by Crippen LogP contribution is 2.16. The lowest BCUT2D eigenvalue weighted by atomic mass is 10.3. The molecule has 0 bridgehead atoms. The van der Waals surface area contributed by atoms with Gasteiger partial charge in [-0.25, -0.2) is 9.97 Å². The highest BCUT2D eigenvalue weighted by molar-refractivity contribution is 5.76. The number of aromatic nitrogens is 3. The highest BCUT2D eigenvalue weighted by atomic mass is 16.1. The van der Waals surface area contributed by atoms with Crippen molar-refractivity contribution in [2.45, 2.75) is 33.2 Å². The molecule has 0 atom stereocenters. The first-order valence-electron chi connectivity index (χ1n) is 6.94. The third-order valence-corrected chi connectivity index (χ3v) is 3.15. The van der Waals surface area contributed by atoms with E-state index in [0.717, 1.165) is 29.0 Å². The largest absolute Gasteiger partial charge is 0.355 e. The molecular weight excluding hydrogens is 254 g/mol. The summed E-state index contributed by atoms with van der Waals surface area (Å²) in [4.78, 5) is 20.7. The Morgan fingerprint density at radius 1 is 1.50 bits per heavy atom. The smallest absolute Gasteiger partial charge is 0.221 e. The van der Waals surface area contributed by atoms with E-state index in [0.29, 0.717) is 26.1 Å². The Labute approximate surface area is 118 Å². The predicted molar refractivity (Wildman–Crippen MR) is 78.3 cm³/mol. The maximum Gasteiger partial charge on any atom is 0.221 e. The van der Waals surface area contributed by atoms with E-state index in [1.54, 1.807) is 0 Å². The summed E-state index contributed by atoms with van der Waals surface area (Å²) >= 11 is 0. The molecule has 0 aliphatic heterocycles. The second-order valence-corrected chi connectivity index (χ2v) is 4.78. The van der Waals surface area contributed by atoms with Crippen molar-refractivity contribution in [2.24, 2.45) is 5.73 Å². The number of amides is 1. The van der Waals surface area contributed by atoms with E-state index in [2.05, 4.69) is 22.2 Å². The van der Waals surface area contributed by atoms with Crippen molar-refractivity contribution in [3.63, 3.8) is 0 Å². The molecule has 1 amide bonds. The summed E-state index contributed by atoms with van der Waals surface area (Å²) in [5.74, 6) is 0.969. The second kappa shape index (κ2) is 6.47. The topological polar surface area (TPSA) is 85.8 Å². The molecule has 0 saturated heterocycles. The summed E-state index contributed by atoms with van der Waals surface area (Å²) in [6.45, 7) is 5.62. The van der Waals surface area contributed by atoms with Gasteiger partial charge >= 0.3 is 0 Å². The van der Waals surface area contributed by atoms with Crippen LogP contribution in [0.3, 0.4) is 0 Å². The number of rotatable bonds is 6. The average Bonchev–Trinajstić information content (AvgIpc) is 2.79. The molecule has 0 fully saturated rings. The minimum absolute atomic E-state index is 0.00599. The Morgan fingerprint density at radius 2 is 2.30 bits per heavy atom. The van der Waals surface area contributed by atoms with Crippen LogP contribution in [0.4, 0.5) is 0 Å². The van der Waals surface area contributed by atoms with Gasteiger partial charge in [-0.15, -0.1) is 0 Å². The third-order valence-electron chi connectivity index (χ3n) is 3.15. The summed E-state index contributed by atoms with van der Waals surface area (Å²) in [6.07, 6.45) is 3.06. The number of nitrogens with one attached hydrogen (secondary N) is 1. The van der Waals surface area contributed by atoms with Crippen LogP contribution in [0, 0.1) is 6.92 Å². The van der Waals surface area contributed by atoms with Crippen LogP contribution in [-0.4, -0.2) is 33.5 Å². The van der Waals surface area contributed by atoms with Crippen LogP contribution in [-0.2, 0) is 17.8 Å². The molecule has 0 spiro atoms. The van der Waals surface area contributed by atoms with E-state index in [1.165, 1.54) is 0 Å². The zero-order valence-electron chi connectivity index (χ0n) is 12.0. The first-order valence-corrected chi connectivity index (χ1v) is 6.94. The van der Waals surface area contributed by atoms with Gasteiger partial charge in [-0.3, -0.25) is 4.79 Å². The molecule has 6 heteroatoms. The third kappa shape index (κ3) is 3.14. The van der Waals surface area contributed by atoms with Gasteiger partial charge in [0, 0.05) is 38.7 Å². The average molecular weight is 275 g/mol. The molecule has 2 aromatic rings. The minimum atomic E-state index is 0.00599. The fourth-order valence-corrected chi connectivity index (χ4v) is 2.18. The van der Waals surface area contributed by atoms with Gasteiger partial charge in [0.15, 0.2) is 5.65 Å². The molecule has 0 saturated carbocycles. The molecule has 0 unspecified atom stereocenters. The number of carbonyl (C=O) groups is 1. The van der Waals surface area contributed by atoms with Crippen molar-refractivity contribution >= 4 is 17.1 Å².